The van der Waals surface area contributed by atoms with Crippen molar-refractivity contribution in [3.05, 3.63) is 11.7 Å². The predicted molar refractivity (Wildman–Crippen MR) is 69.5 cm³/mol. The first-order valence-corrected chi connectivity index (χ1v) is 7.01. The quantitative estimate of drug-likeness (QED) is 0.278. The van der Waals surface area contributed by atoms with Crippen LogP contribution in [0.25, 0.3) is 0 Å². The van der Waals surface area contributed by atoms with Crippen LogP contribution in [-0.2, 0) is 22.5 Å². The molecule has 12 heteroatoms. The zero-order chi connectivity index (χ0) is 16.0. The molecule has 1 heterocycles. The Balaban J connectivity index is 2.49. The summed E-state index contributed by atoms with van der Waals surface area (Å²) < 4.78 is 21.0. The monoisotopic (exact) mass is 323 g/mol. The number of aliphatic carboxylic acids is 1. The van der Waals surface area contributed by atoms with Gasteiger partial charge in [-0.2, -0.15) is 4.98 Å². The van der Waals surface area contributed by atoms with E-state index in [0.29, 0.717) is 0 Å². The van der Waals surface area contributed by atoms with Crippen molar-refractivity contribution < 1.29 is 28.8 Å². The number of aliphatic hydroxyl groups is 2. The molecule has 0 saturated heterocycles. The van der Waals surface area contributed by atoms with Gasteiger partial charge in [-0.15, -0.1) is 0 Å². The van der Waals surface area contributed by atoms with Crippen LogP contribution in [0.15, 0.2) is 4.52 Å². The summed E-state index contributed by atoms with van der Waals surface area (Å²) in [6.07, 6.45) is -1.23. The molecule has 0 aliphatic carbocycles. The maximum Gasteiger partial charge on any atom is 0.324 e. The fraction of sp³-hybridized carbons (Fsp3) is 0.667. The lowest BCUT2D eigenvalue weighted by atomic mass is 10.2. The molecule has 0 bridgehead atoms. The van der Waals surface area contributed by atoms with Crippen molar-refractivity contribution in [2.45, 2.75) is 31.7 Å². The number of hydrogen-bond acceptors (Lipinski definition) is 8. The molecule has 7 N–H and O–H groups in total. The summed E-state index contributed by atoms with van der Waals surface area (Å²) in [4.78, 5) is 14.6. The Morgan fingerprint density at radius 1 is 1.57 bits per heavy atom. The number of carboxylic acid groups (broad SMARTS) is 1. The number of carbonyl (C=O) groups is 1. The highest BCUT2D eigenvalue weighted by Crippen LogP contribution is 2.05. The summed E-state index contributed by atoms with van der Waals surface area (Å²) in [6.45, 7) is 0.787. The van der Waals surface area contributed by atoms with Crippen molar-refractivity contribution in [3.8, 4) is 0 Å². The van der Waals surface area contributed by atoms with E-state index in [-0.39, 0.29) is 24.9 Å². The standard InChI is InChI=1S/C9H17N5O6S/c1-4(16)7(9(17)18)14-21(19)11-2-6-12-8(13-20-6)5(10)3-15/h4-5,7,11,14-16H,2-3,10H2,1H3,(H,17,18). The third-order valence-corrected chi connectivity index (χ3v) is 3.22. The molecule has 4 atom stereocenters. The van der Waals surface area contributed by atoms with E-state index in [0.717, 1.165) is 0 Å². The van der Waals surface area contributed by atoms with Crippen LogP contribution in [0.4, 0.5) is 0 Å². The Morgan fingerprint density at radius 2 is 2.24 bits per heavy atom. The van der Waals surface area contributed by atoms with Gasteiger partial charge in [-0.1, -0.05) is 5.16 Å². The number of hydrogen-bond donors (Lipinski definition) is 6. The van der Waals surface area contributed by atoms with E-state index in [1.54, 1.807) is 0 Å². The lowest BCUT2D eigenvalue weighted by Crippen LogP contribution is -2.48. The Hall–Kier alpha value is -1.44. The molecule has 11 nitrogen and oxygen atoms in total. The number of aliphatic hydroxyl groups excluding tert-OH is 2. The summed E-state index contributed by atoms with van der Waals surface area (Å²) in [7, 11) is 0. The van der Waals surface area contributed by atoms with Crippen LogP contribution >= 0.6 is 0 Å². The first-order chi connectivity index (χ1) is 9.85. The largest absolute Gasteiger partial charge is 0.480 e. The molecule has 0 saturated carbocycles. The Bertz CT molecular complexity index is 495. The summed E-state index contributed by atoms with van der Waals surface area (Å²) >= 11 is -1.94. The first-order valence-electron chi connectivity index (χ1n) is 5.86. The molecule has 120 valence electrons. The Morgan fingerprint density at radius 3 is 2.76 bits per heavy atom. The minimum absolute atomic E-state index is 0.0629. The average molecular weight is 323 g/mol. The van der Waals surface area contributed by atoms with Crippen molar-refractivity contribution >= 4 is 17.1 Å². The smallest absolute Gasteiger partial charge is 0.324 e. The normalized spacial score (nSPS) is 17.1. The summed E-state index contributed by atoms with van der Waals surface area (Å²) in [5.74, 6) is -1.18. The highest BCUT2D eigenvalue weighted by molar-refractivity contribution is 7.81. The number of nitrogens with two attached hydrogens (primary N) is 1. The Kier molecular flexibility index (Phi) is 6.80. The average Bonchev–Trinajstić information content (AvgIpc) is 2.89. The van der Waals surface area contributed by atoms with Crippen LogP contribution in [0, 0.1) is 0 Å². The zero-order valence-corrected chi connectivity index (χ0v) is 11.9. The highest BCUT2D eigenvalue weighted by atomic mass is 32.2. The van der Waals surface area contributed by atoms with Crippen molar-refractivity contribution in [1.29, 1.82) is 0 Å². The van der Waals surface area contributed by atoms with E-state index >= 15 is 0 Å². The van der Waals surface area contributed by atoms with Gasteiger partial charge in [-0.05, 0) is 6.92 Å². The predicted octanol–water partition coefficient (Wildman–Crippen LogP) is -2.85. The van der Waals surface area contributed by atoms with Crippen LogP contribution in [-0.4, -0.2) is 54.4 Å². The molecule has 0 amide bonds. The van der Waals surface area contributed by atoms with Crippen LogP contribution in [0.1, 0.15) is 24.7 Å². The molecule has 4 unspecified atom stereocenters. The van der Waals surface area contributed by atoms with Crippen molar-refractivity contribution in [2.75, 3.05) is 6.61 Å². The number of nitrogens with one attached hydrogen (secondary N) is 2. The molecule has 1 aromatic heterocycles. The molecule has 21 heavy (non-hydrogen) atoms. The minimum Gasteiger partial charge on any atom is -0.480 e. The van der Waals surface area contributed by atoms with Gasteiger partial charge in [0.05, 0.1) is 25.3 Å². The van der Waals surface area contributed by atoms with E-state index in [1.807, 2.05) is 0 Å². The molecule has 0 aliphatic heterocycles. The van der Waals surface area contributed by atoms with E-state index in [4.69, 9.17) is 20.5 Å². The topological polar surface area (TPSA) is 184 Å². The van der Waals surface area contributed by atoms with Gasteiger partial charge in [0.1, 0.15) is 6.04 Å². The lowest BCUT2D eigenvalue weighted by Gasteiger charge is -2.15. The number of aromatic nitrogens is 2. The number of nitrogens with zero attached hydrogens (tertiary/aromatic N) is 2. The van der Waals surface area contributed by atoms with E-state index in [2.05, 4.69) is 19.6 Å². The minimum atomic E-state index is -1.94. The lowest BCUT2D eigenvalue weighted by molar-refractivity contribution is -0.141. The third-order valence-electron chi connectivity index (χ3n) is 2.35. The summed E-state index contributed by atoms with van der Waals surface area (Å²) in [5.41, 5.74) is 5.48. The van der Waals surface area contributed by atoms with Gasteiger partial charge >= 0.3 is 5.97 Å². The fourth-order valence-electron chi connectivity index (χ4n) is 1.21. The zero-order valence-electron chi connectivity index (χ0n) is 11.1. The second-order valence-corrected chi connectivity index (χ2v) is 5.16. The van der Waals surface area contributed by atoms with Crippen LogP contribution in [0.5, 0.6) is 0 Å². The number of carboxylic acids is 1. The van der Waals surface area contributed by atoms with Crippen LogP contribution in [0.2, 0.25) is 0 Å². The third kappa shape index (κ3) is 5.45. The SMILES string of the molecule is CC(O)C(NS(=O)NCc1nc(C(N)CO)no1)C(=O)O. The first kappa shape index (κ1) is 17.6. The molecule has 0 spiro atoms. The van der Waals surface area contributed by atoms with Gasteiger partial charge < -0.3 is 25.6 Å². The molecule has 0 aliphatic rings. The maximum absolute atomic E-state index is 11.6. The van der Waals surface area contributed by atoms with Gasteiger partial charge in [0, 0.05) is 0 Å². The van der Waals surface area contributed by atoms with Crippen molar-refractivity contribution in [3.63, 3.8) is 0 Å². The second-order valence-electron chi connectivity index (χ2n) is 4.10. The summed E-state index contributed by atoms with van der Waals surface area (Å²) in [5, 5.41) is 30.4. The van der Waals surface area contributed by atoms with Gasteiger partial charge in [0.15, 0.2) is 17.0 Å². The van der Waals surface area contributed by atoms with Gasteiger partial charge in [-0.3, -0.25) is 4.79 Å². The van der Waals surface area contributed by atoms with Gasteiger partial charge in [0.25, 0.3) is 0 Å². The van der Waals surface area contributed by atoms with E-state index in [9.17, 15) is 14.1 Å². The molecule has 0 radical (unpaired) electrons. The second kappa shape index (κ2) is 8.11. The highest BCUT2D eigenvalue weighted by Gasteiger charge is 2.25. The molecule has 1 rings (SSSR count). The fourth-order valence-corrected chi connectivity index (χ4v) is 2.08. The Labute approximate surface area is 122 Å². The van der Waals surface area contributed by atoms with Gasteiger partial charge in [0.2, 0.25) is 5.89 Å². The molecule has 1 aromatic rings. The van der Waals surface area contributed by atoms with E-state index in [1.165, 1.54) is 6.92 Å². The van der Waals surface area contributed by atoms with E-state index < -0.39 is 35.3 Å². The van der Waals surface area contributed by atoms with Crippen LogP contribution < -0.4 is 15.2 Å². The van der Waals surface area contributed by atoms with Crippen molar-refractivity contribution in [1.82, 2.24) is 19.6 Å². The van der Waals surface area contributed by atoms with Crippen LogP contribution in [0.3, 0.4) is 0 Å². The molecule has 0 fully saturated rings. The van der Waals surface area contributed by atoms with Gasteiger partial charge in [-0.25, -0.2) is 13.7 Å². The maximum atomic E-state index is 11.6. The number of rotatable bonds is 9. The summed E-state index contributed by atoms with van der Waals surface area (Å²) in [6, 6.07) is -2.17. The molecule has 0 aromatic carbocycles. The molecular formula is C9H17N5O6S. The molecular weight excluding hydrogens is 306 g/mol. The van der Waals surface area contributed by atoms with Crippen molar-refractivity contribution in [2.24, 2.45) is 5.73 Å².